The molecule has 6 N–H and O–H groups in total. The number of carbonyl (C=O) groups is 5. The number of hydrogen-bond acceptors (Lipinski definition) is 10. The summed E-state index contributed by atoms with van der Waals surface area (Å²) >= 11 is 0. The van der Waals surface area contributed by atoms with Crippen molar-refractivity contribution in [1.29, 1.82) is 0 Å². The first kappa shape index (κ1) is 39.3. The van der Waals surface area contributed by atoms with Gasteiger partial charge in [0.25, 0.3) is 5.91 Å². The zero-order valence-corrected chi connectivity index (χ0v) is 29.9. The van der Waals surface area contributed by atoms with Crippen LogP contribution in [0.2, 0.25) is 0 Å². The maximum Gasteiger partial charge on any atom is 0.255 e. The van der Waals surface area contributed by atoms with Crippen LogP contribution >= 0.6 is 0 Å². The lowest BCUT2D eigenvalue weighted by atomic mass is 9.97. The van der Waals surface area contributed by atoms with E-state index < -0.39 is 53.8 Å². The van der Waals surface area contributed by atoms with Gasteiger partial charge in [-0.15, -0.1) is 5.10 Å². The van der Waals surface area contributed by atoms with Crippen LogP contribution in [0.25, 0.3) is 0 Å². The summed E-state index contributed by atoms with van der Waals surface area (Å²) in [6, 6.07) is 10.6. The second-order valence-electron chi connectivity index (χ2n) is 12.6. The smallest absolute Gasteiger partial charge is 0.255 e. The zero-order valence-electron chi connectivity index (χ0n) is 29.9. The fourth-order valence-corrected chi connectivity index (χ4v) is 5.54. The van der Waals surface area contributed by atoms with Gasteiger partial charge in [-0.1, -0.05) is 61.9 Å². The highest BCUT2D eigenvalue weighted by Crippen LogP contribution is 2.31. The number of aromatic nitrogens is 3. The highest BCUT2D eigenvalue weighted by Gasteiger charge is 2.31. The molecule has 280 valence electrons. The van der Waals surface area contributed by atoms with Crippen molar-refractivity contribution in [3.8, 4) is 11.5 Å². The lowest BCUT2D eigenvalue weighted by Crippen LogP contribution is -2.57. The molecule has 1 aliphatic rings. The molecule has 2 heterocycles. The Balaban J connectivity index is 1.59. The van der Waals surface area contributed by atoms with Gasteiger partial charge < -0.3 is 41.2 Å². The summed E-state index contributed by atoms with van der Waals surface area (Å²) in [5.74, 6) is -2.65. The third-order valence-corrected chi connectivity index (χ3v) is 8.68. The van der Waals surface area contributed by atoms with E-state index in [1.165, 1.54) is 14.0 Å². The SMILES string of the molecule is CC[C@H](C)[C@@H]1NC(=O)c2cccc(OC)c2OCCCn2cc(nn2)CNC(=O)[C@@H](Cc2ccccc2)NC(=O)[C@H]([C@@H](C)O)NC(=O)CCNC1=O. The van der Waals surface area contributed by atoms with E-state index in [-0.39, 0.29) is 49.8 Å². The van der Waals surface area contributed by atoms with E-state index in [4.69, 9.17) is 9.47 Å². The van der Waals surface area contributed by atoms with E-state index in [0.29, 0.717) is 30.8 Å². The van der Waals surface area contributed by atoms with Crippen LogP contribution in [0.5, 0.6) is 11.5 Å². The van der Waals surface area contributed by atoms with E-state index in [9.17, 15) is 29.1 Å². The van der Waals surface area contributed by atoms with Crippen molar-refractivity contribution < 1.29 is 38.6 Å². The molecule has 0 fully saturated rings. The molecule has 5 amide bonds. The number of methoxy groups -OCH3 is 1. The van der Waals surface area contributed by atoms with Gasteiger partial charge in [-0.25, -0.2) is 0 Å². The van der Waals surface area contributed by atoms with Crippen molar-refractivity contribution in [3.05, 3.63) is 71.5 Å². The van der Waals surface area contributed by atoms with Gasteiger partial charge in [-0.3, -0.25) is 28.7 Å². The fourth-order valence-electron chi connectivity index (χ4n) is 5.54. The predicted molar refractivity (Wildman–Crippen MR) is 189 cm³/mol. The molecular weight excluding hydrogens is 672 g/mol. The summed E-state index contributed by atoms with van der Waals surface area (Å²) in [4.78, 5) is 66.8. The number of carbonyl (C=O) groups excluding carboxylic acids is 5. The largest absolute Gasteiger partial charge is 0.493 e. The van der Waals surface area contributed by atoms with Crippen LogP contribution in [0.15, 0.2) is 54.7 Å². The molecule has 2 aromatic carbocycles. The molecule has 5 atom stereocenters. The number of aryl methyl sites for hydroxylation is 1. The number of amides is 5. The van der Waals surface area contributed by atoms with E-state index in [2.05, 4.69) is 36.9 Å². The van der Waals surface area contributed by atoms with Crippen molar-refractivity contribution in [2.24, 2.45) is 5.92 Å². The highest BCUT2D eigenvalue weighted by molar-refractivity contribution is 6.00. The van der Waals surface area contributed by atoms with Crippen LogP contribution in [0.1, 0.15) is 61.6 Å². The maximum absolute atomic E-state index is 13.6. The molecule has 0 saturated carbocycles. The van der Waals surface area contributed by atoms with Crippen molar-refractivity contribution in [2.45, 2.75) is 83.8 Å². The first-order valence-electron chi connectivity index (χ1n) is 17.4. The van der Waals surface area contributed by atoms with Gasteiger partial charge in [-0.05, 0) is 30.5 Å². The number of nitrogens with one attached hydrogen (secondary N) is 5. The van der Waals surface area contributed by atoms with Crippen LogP contribution in [-0.4, -0.2) is 94.1 Å². The minimum Gasteiger partial charge on any atom is -0.493 e. The second kappa shape index (κ2) is 19.2. The van der Waals surface area contributed by atoms with Crippen LogP contribution in [0, 0.1) is 5.92 Å². The summed E-state index contributed by atoms with van der Waals surface area (Å²) < 4.78 is 13.1. The number of nitrogens with zero attached hydrogens (tertiary/aromatic N) is 3. The predicted octanol–water partition coefficient (Wildman–Crippen LogP) is 0.630. The summed E-state index contributed by atoms with van der Waals surface area (Å²) in [5, 5.41) is 32.2. The average molecular weight is 721 g/mol. The molecule has 1 aromatic heterocycles. The first-order chi connectivity index (χ1) is 25.0. The Morgan fingerprint density at radius 1 is 0.942 bits per heavy atom. The average Bonchev–Trinajstić information content (AvgIpc) is 3.60. The zero-order chi connectivity index (χ0) is 37.6. The number of aliphatic hydroxyl groups is 1. The van der Waals surface area contributed by atoms with Gasteiger partial charge in [0.05, 0.1) is 38.1 Å². The number of benzene rings is 2. The molecule has 2 bridgehead atoms. The lowest BCUT2D eigenvalue weighted by molar-refractivity contribution is -0.134. The highest BCUT2D eigenvalue weighted by atomic mass is 16.5. The normalized spacial score (nSPS) is 21.2. The Morgan fingerprint density at radius 2 is 1.71 bits per heavy atom. The number of ether oxygens (including phenoxy) is 2. The molecule has 3 aromatic rings. The molecule has 0 spiro atoms. The number of fused-ring (bicyclic) bond motifs is 3. The van der Waals surface area contributed by atoms with Crippen molar-refractivity contribution >= 4 is 29.5 Å². The maximum atomic E-state index is 13.6. The Hall–Kier alpha value is -5.51. The van der Waals surface area contributed by atoms with E-state index in [1.54, 1.807) is 29.1 Å². The quantitative estimate of drug-likeness (QED) is 0.209. The second-order valence-corrected chi connectivity index (χ2v) is 12.6. The Labute approximate surface area is 302 Å². The molecule has 16 heteroatoms. The molecule has 4 rings (SSSR count). The number of para-hydroxylation sites is 1. The van der Waals surface area contributed by atoms with Crippen molar-refractivity contribution in [2.75, 3.05) is 20.3 Å². The Bertz CT molecular complexity index is 1680. The van der Waals surface area contributed by atoms with Crippen molar-refractivity contribution in [1.82, 2.24) is 41.6 Å². The number of rotatable bonds is 6. The van der Waals surface area contributed by atoms with Crippen LogP contribution in [0.3, 0.4) is 0 Å². The fraction of sp³-hybridized carbons (Fsp3) is 0.472. The van der Waals surface area contributed by atoms with E-state index in [1.807, 2.05) is 44.2 Å². The molecule has 52 heavy (non-hydrogen) atoms. The molecular formula is C36H48N8O8. The molecule has 0 saturated heterocycles. The summed E-state index contributed by atoms with van der Waals surface area (Å²) in [7, 11) is 1.46. The van der Waals surface area contributed by atoms with Gasteiger partial charge in [0.1, 0.15) is 23.8 Å². The van der Waals surface area contributed by atoms with E-state index >= 15 is 0 Å². The molecule has 0 radical (unpaired) electrons. The summed E-state index contributed by atoms with van der Waals surface area (Å²) in [6.07, 6.45) is 1.32. The molecule has 0 aliphatic carbocycles. The first-order valence-corrected chi connectivity index (χ1v) is 17.4. The van der Waals surface area contributed by atoms with Crippen LogP contribution < -0.4 is 36.1 Å². The van der Waals surface area contributed by atoms with Gasteiger partial charge in [0, 0.05) is 32.4 Å². The molecule has 1 aliphatic heterocycles. The Kier molecular flexibility index (Phi) is 14.5. The Morgan fingerprint density at radius 3 is 2.42 bits per heavy atom. The van der Waals surface area contributed by atoms with Gasteiger partial charge in [-0.2, -0.15) is 0 Å². The van der Waals surface area contributed by atoms with Crippen LogP contribution in [-0.2, 0) is 38.7 Å². The third-order valence-electron chi connectivity index (χ3n) is 8.68. The summed E-state index contributed by atoms with van der Waals surface area (Å²) in [6.45, 7) is 5.57. The van der Waals surface area contributed by atoms with Gasteiger partial charge in [0.15, 0.2) is 11.5 Å². The molecule has 0 unspecified atom stereocenters. The minimum atomic E-state index is -1.39. The number of aliphatic hydroxyl groups excluding tert-OH is 1. The lowest BCUT2D eigenvalue weighted by Gasteiger charge is -2.25. The molecule has 16 nitrogen and oxygen atoms in total. The van der Waals surface area contributed by atoms with E-state index in [0.717, 1.165) is 5.56 Å². The summed E-state index contributed by atoms with van der Waals surface area (Å²) in [5.41, 5.74) is 1.43. The monoisotopic (exact) mass is 720 g/mol. The van der Waals surface area contributed by atoms with Crippen LogP contribution in [0.4, 0.5) is 0 Å². The topological polar surface area (TPSA) is 215 Å². The van der Waals surface area contributed by atoms with Crippen molar-refractivity contribution in [3.63, 3.8) is 0 Å². The van der Waals surface area contributed by atoms with Gasteiger partial charge >= 0.3 is 0 Å². The minimum absolute atomic E-state index is 0.0239. The third kappa shape index (κ3) is 11.0. The number of hydrogen-bond donors (Lipinski definition) is 6. The van der Waals surface area contributed by atoms with Gasteiger partial charge in [0.2, 0.25) is 23.6 Å². The standard InChI is InChI=1S/C36H48N8O8/c1-5-22(2)30-35(49)37-16-15-29(46)40-31(23(3)45)36(50)39-27(19-24-11-7-6-8-12-24)34(48)38-20-25-21-44(43-42-25)17-10-18-52-32-26(33(47)41-30)13-9-14-28(32)51-4/h6-9,11-14,21-23,27,30-31,45H,5,10,15-20H2,1-4H3,(H,37,49)(H,38,48)(H,39,50)(H,40,46)(H,41,47)/t22-,23+,27+,30-,31-/m0/s1.